The highest BCUT2D eigenvalue weighted by Crippen LogP contribution is 2.49. The first-order valence-corrected chi connectivity index (χ1v) is 5.61. The predicted molar refractivity (Wildman–Crippen MR) is 59.1 cm³/mol. The van der Waals surface area contributed by atoms with E-state index < -0.39 is 0 Å². The van der Waals surface area contributed by atoms with E-state index in [1.807, 2.05) is 0 Å². The van der Waals surface area contributed by atoms with Crippen molar-refractivity contribution in [1.29, 1.82) is 0 Å². The quantitative estimate of drug-likeness (QED) is 0.826. The van der Waals surface area contributed by atoms with E-state index in [9.17, 15) is 4.39 Å². The highest BCUT2D eigenvalue weighted by atomic mass is 79.9. The van der Waals surface area contributed by atoms with Gasteiger partial charge in [0.15, 0.2) is 0 Å². The Morgan fingerprint density at radius 3 is 2.64 bits per heavy atom. The van der Waals surface area contributed by atoms with E-state index in [1.54, 1.807) is 6.07 Å². The maximum Gasteiger partial charge on any atom is 0.128 e. The first kappa shape index (κ1) is 10.4. The van der Waals surface area contributed by atoms with Gasteiger partial charge < -0.3 is 5.73 Å². The fourth-order valence-electron chi connectivity index (χ4n) is 1.66. The van der Waals surface area contributed by atoms with Crippen molar-refractivity contribution in [3.8, 4) is 0 Å². The highest BCUT2D eigenvalue weighted by molar-refractivity contribution is 9.10. The van der Waals surface area contributed by atoms with Crippen LogP contribution in [0.15, 0.2) is 16.6 Å². The molecule has 1 nitrogen and oxygen atoms in total. The van der Waals surface area contributed by atoms with Crippen molar-refractivity contribution in [3.05, 3.63) is 33.0 Å². The Bertz CT molecular complexity index is 377. The molecule has 1 aliphatic carbocycles. The number of halogens is 3. The minimum absolute atomic E-state index is 0.144. The van der Waals surface area contributed by atoms with E-state index in [2.05, 4.69) is 15.9 Å². The van der Waals surface area contributed by atoms with E-state index in [4.69, 9.17) is 17.3 Å². The van der Waals surface area contributed by atoms with E-state index in [0.717, 1.165) is 12.8 Å². The van der Waals surface area contributed by atoms with Gasteiger partial charge >= 0.3 is 0 Å². The molecule has 14 heavy (non-hydrogen) atoms. The molecule has 0 atom stereocenters. The summed E-state index contributed by atoms with van der Waals surface area (Å²) in [5.74, 6) is -0.218. The summed E-state index contributed by atoms with van der Waals surface area (Å²) in [5.41, 5.74) is 6.15. The standard InChI is InChI=1S/C10H10BrClFN/c11-7-4-9(13)6(3-8(7)12)10(5-14)1-2-10/h3-4H,1-2,5,14H2. The van der Waals surface area contributed by atoms with Crippen LogP contribution >= 0.6 is 27.5 Å². The summed E-state index contributed by atoms with van der Waals surface area (Å²) in [6.45, 7) is 0.488. The van der Waals surface area contributed by atoms with Gasteiger partial charge in [0.2, 0.25) is 0 Å². The Morgan fingerprint density at radius 1 is 1.50 bits per heavy atom. The van der Waals surface area contributed by atoms with E-state index in [1.165, 1.54) is 6.07 Å². The van der Waals surface area contributed by atoms with Gasteiger partial charge in [-0.25, -0.2) is 4.39 Å². The van der Waals surface area contributed by atoms with Gasteiger partial charge in [-0.15, -0.1) is 0 Å². The van der Waals surface area contributed by atoms with E-state index in [0.29, 0.717) is 21.6 Å². The van der Waals surface area contributed by atoms with Gasteiger partial charge in [0.05, 0.1) is 5.02 Å². The van der Waals surface area contributed by atoms with Crippen molar-refractivity contribution in [1.82, 2.24) is 0 Å². The summed E-state index contributed by atoms with van der Waals surface area (Å²) in [5, 5.41) is 0.543. The van der Waals surface area contributed by atoms with Gasteiger partial charge in [-0.3, -0.25) is 0 Å². The first-order chi connectivity index (χ1) is 6.59. The molecule has 0 unspecified atom stereocenters. The van der Waals surface area contributed by atoms with Crippen LogP contribution in [0.2, 0.25) is 5.02 Å². The molecule has 1 aromatic rings. The third kappa shape index (κ3) is 1.58. The fourth-order valence-corrected chi connectivity index (χ4v) is 2.14. The molecule has 2 rings (SSSR count). The number of hydrogen-bond acceptors (Lipinski definition) is 1. The summed E-state index contributed by atoms with van der Waals surface area (Å²) in [6, 6.07) is 3.09. The summed E-state index contributed by atoms with van der Waals surface area (Å²) in [4.78, 5) is 0. The van der Waals surface area contributed by atoms with Crippen LogP contribution in [0.5, 0.6) is 0 Å². The molecule has 0 aliphatic heterocycles. The number of nitrogens with two attached hydrogens (primary N) is 1. The molecule has 4 heteroatoms. The molecular formula is C10H10BrClFN. The zero-order chi connectivity index (χ0) is 10.3. The van der Waals surface area contributed by atoms with Gasteiger partial charge in [-0.05, 0) is 46.5 Å². The average molecular weight is 279 g/mol. The molecule has 1 aliphatic rings. The van der Waals surface area contributed by atoms with Crippen LogP contribution in [-0.4, -0.2) is 6.54 Å². The molecule has 0 saturated heterocycles. The lowest BCUT2D eigenvalue weighted by Crippen LogP contribution is -2.21. The van der Waals surface area contributed by atoms with Crippen molar-refractivity contribution in [3.63, 3.8) is 0 Å². The molecule has 0 spiro atoms. The van der Waals surface area contributed by atoms with Crippen molar-refractivity contribution >= 4 is 27.5 Å². The Balaban J connectivity index is 2.49. The van der Waals surface area contributed by atoms with Crippen LogP contribution in [0.4, 0.5) is 4.39 Å². The van der Waals surface area contributed by atoms with Crippen molar-refractivity contribution < 1.29 is 4.39 Å². The van der Waals surface area contributed by atoms with Gasteiger partial charge in [-0.1, -0.05) is 11.6 Å². The summed E-state index contributed by atoms with van der Waals surface area (Å²) >= 11 is 9.11. The third-order valence-electron chi connectivity index (χ3n) is 2.83. The monoisotopic (exact) mass is 277 g/mol. The Labute approximate surface area is 95.6 Å². The Morgan fingerprint density at radius 2 is 2.14 bits per heavy atom. The van der Waals surface area contributed by atoms with Gasteiger partial charge in [0.1, 0.15) is 5.82 Å². The second kappa shape index (κ2) is 3.47. The second-order valence-corrected chi connectivity index (χ2v) is 4.99. The van der Waals surface area contributed by atoms with Crippen LogP contribution in [0.1, 0.15) is 18.4 Å². The topological polar surface area (TPSA) is 26.0 Å². The third-order valence-corrected chi connectivity index (χ3v) is 4.02. The summed E-state index contributed by atoms with van der Waals surface area (Å²) in [7, 11) is 0. The van der Waals surface area contributed by atoms with Crippen LogP contribution < -0.4 is 5.73 Å². The number of rotatable bonds is 2. The minimum atomic E-state index is -0.218. The normalized spacial score (nSPS) is 18.3. The second-order valence-electron chi connectivity index (χ2n) is 3.73. The highest BCUT2D eigenvalue weighted by Gasteiger charge is 2.44. The van der Waals surface area contributed by atoms with Gasteiger partial charge in [0, 0.05) is 16.4 Å². The van der Waals surface area contributed by atoms with Crippen LogP contribution in [0.25, 0.3) is 0 Å². The zero-order valence-electron chi connectivity index (χ0n) is 7.49. The molecule has 0 amide bonds. The van der Waals surface area contributed by atoms with Crippen LogP contribution in [-0.2, 0) is 5.41 Å². The predicted octanol–water partition coefficient (Wildman–Crippen LogP) is 3.23. The molecular weight excluding hydrogens is 268 g/mol. The lowest BCUT2D eigenvalue weighted by molar-refractivity contribution is 0.572. The molecule has 76 valence electrons. The maximum atomic E-state index is 13.6. The molecule has 1 aromatic carbocycles. The molecule has 2 N–H and O–H groups in total. The maximum absolute atomic E-state index is 13.6. The summed E-state index contributed by atoms with van der Waals surface area (Å²) < 4.78 is 14.2. The van der Waals surface area contributed by atoms with E-state index >= 15 is 0 Å². The fraction of sp³-hybridized carbons (Fsp3) is 0.400. The Hall–Kier alpha value is -0.120. The van der Waals surface area contributed by atoms with Gasteiger partial charge in [-0.2, -0.15) is 0 Å². The molecule has 1 saturated carbocycles. The van der Waals surface area contributed by atoms with Crippen molar-refractivity contribution in [2.45, 2.75) is 18.3 Å². The zero-order valence-corrected chi connectivity index (χ0v) is 9.83. The molecule has 0 heterocycles. The molecule has 0 bridgehead atoms. The van der Waals surface area contributed by atoms with Crippen LogP contribution in [0, 0.1) is 5.82 Å². The SMILES string of the molecule is NCC1(c2cc(Cl)c(Br)cc2F)CC1. The smallest absolute Gasteiger partial charge is 0.128 e. The van der Waals surface area contributed by atoms with Crippen LogP contribution in [0.3, 0.4) is 0 Å². The van der Waals surface area contributed by atoms with Crippen molar-refractivity contribution in [2.75, 3.05) is 6.54 Å². The Kier molecular flexibility index (Phi) is 2.58. The summed E-state index contributed by atoms with van der Waals surface area (Å²) in [6.07, 6.45) is 1.91. The van der Waals surface area contributed by atoms with Gasteiger partial charge in [0.25, 0.3) is 0 Å². The molecule has 1 fully saturated rings. The average Bonchev–Trinajstić information content (AvgIpc) is 2.92. The number of benzene rings is 1. The first-order valence-electron chi connectivity index (χ1n) is 4.44. The molecule has 0 radical (unpaired) electrons. The minimum Gasteiger partial charge on any atom is -0.330 e. The molecule has 0 aromatic heterocycles. The number of hydrogen-bond donors (Lipinski definition) is 1. The largest absolute Gasteiger partial charge is 0.330 e. The van der Waals surface area contributed by atoms with E-state index in [-0.39, 0.29) is 11.2 Å². The van der Waals surface area contributed by atoms with Crippen molar-refractivity contribution in [2.24, 2.45) is 5.73 Å². The lowest BCUT2D eigenvalue weighted by Gasteiger charge is -2.14. The lowest BCUT2D eigenvalue weighted by atomic mass is 9.96.